The summed E-state index contributed by atoms with van der Waals surface area (Å²) >= 11 is 0. The van der Waals surface area contributed by atoms with Crippen molar-refractivity contribution in [2.75, 3.05) is 5.32 Å². The summed E-state index contributed by atoms with van der Waals surface area (Å²) in [6.45, 7) is 4.11. The number of benzene rings is 1. The van der Waals surface area contributed by atoms with Crippen LogP contribution in [0.2, 0.25) is 0 Å². The number of hydrogen-bond acceptors (Lipinski definition) is 4. The number of ether oxygens (including phenoxy) is 1. The molecule has 2 aromatic heterocycles. The molecular weight excluding hydrogens is 304 g/mol. The van der Waals surface area contributed by atoms with Crippen molar-refractivity contribution in [1.82, 2.24) is 14.8 Å². The van der Waals surface area contributed by atoms with Crippen LogP contribution in [-0.4, -0.2) is 26.8 Å². The van der Waals surface area contributed by atoms with E-state index >= 15 is 0 Å². The zero-order valence-corrected chi connectivity index (χ0v) is 13.6. The molecule has 1 aliphatic heterocycles. The predicted octanol–water partition coefficient (Wildman–Crippen LogP) is 2.95. The lowest BCUT2D eigenvalue weighted by Crippen LogP contribution is -2.31. The Balaban J connectivity index is 1.51. The topological polar surface area (TPSA) is 69.0 Å². The van der Waals surface area contributed by atoms with Crippen LogP contribution < -0.4 is 10.1 Å². The van der Waals surface area contributed by atoms with E-state index in [1.807, 2.05) is 35.0 Å². The second-order valence-electron chi connectivity index (χ2n) is 6.23. The van der Waals surface area contributed by atoms with Gasteiger partial charge < -0.3 is 10.1 Å². The van der Waals surface area contributed by atoms with Crippen molar-refractivity contribution < 1.29 is 9.53 Å². The van der Waals surface area contributed by atoms with Crippen molar-refractivity contribution in [3.8, 4) is 5.75 Å². The molecule has 4 rings (SSSR count). The molecule has 3 heterocycles. The van der Waals surface area contributed by atoms with Gasteiger partial charge in [-0.25, -0.2) is 9.67 Å². The number of anilines is 1. The quantitative estimate of drug-likeness (QED) is 0.805. The first-order valence-electron chi connectivity index (χ1n) is 8.00. The van der Waals surface area contributed by atoms with Crippen LogP contribution in [0, 0.1) is 0 Å². The molecule has 122 valence electrons. The van der Waals surface area contributed by atoms with E-state index in [0.717, 1.165) is 22.3 Å². The van der Waals surface area contributed by atoms with E-state index in [4.69, 9.17) is 4.74 Å². The molecule has 0 saturated heterocycles. The van der Waals surface area contributed by atoms with Gasteiger partial charge in [-0.1, -0.05) is 18.2 Å². The predicted molar refractivity (Wildman–Crippen MR) is 91.1 cm³/mol. The zero-order valence-electron chi connectivity index (χ0n) is 13.6. The molecule has 0 bridgehead atoms. The van der Waals surface area contributed by atoms with E-state index in [-0.39, 0.29) is 11.9 Å². The highest BCUT2D eigenvalue weighted by Gasteiger charge is 2.28. The Kier molecular flexibility index (Phi) is 3.45. The summed E-state index contributed by atoms with van der Waals surface area (Å²) in [5.41, 5.74) is 2.52. The van der Waals surface area contributed by atoms with E-state index in [1.54, 1.807) is 12.4 Å². The van der Waals surface area contributed by atoms with Crippen LogP contribution in [0.25, 0.3) is 11.0 Å². The van der Waals surface area contributed by atoms with E-state index in [1.165, 1.54) is 0 Å². The standard InChI is InChI=1S/C18H18N4O2/c1-11(2)22-17-13(9-20-22)7-14(10-19-17)21-18(23)16-8-12-5-3-4-6-15(12)24-16/h3-7,9-11,16H,8H2,1-2H3,(H,21,23). The molecule has 1 N–H and O–H groups in total. The third-order valence-corrected chi connectivity index (χ3v) is 4.13. The molecule has 0 fully saturated rings. The number of carbonyl (C=O) groups excluding carboxylic acids is 1. The summed E-state index contributed by atoms with van der Waals surface area (Å²) in [5.74, 6) is 0.619. The van der Waals surface area contributed by atoms with Gasteiger partial charge in [0.25, 0.3) is 5.91 Å². The van der Waals surface area contributed by atoms with Gasteiger partial charge in [0.05, 0.1) is 18.1 Å². The maximum Gasteiger partial charge on any atom is 0.265 e. The molecule has 1 atom stereocenters. The highest BCUT2D eigenvalue weighted by atomic mass is 16.5. The fraction of sp³-hybridized carbons (Fsp3) is 0.278. The van der Waals surface area contributed by atoms with Gasteiger partial charge in [-0.2, -0.15) is 5.10 Å². The number of fused-ring (bicyclic) bond motifs is 2. The first kappa shape index (κ1) is 14.7. The fourth-order valence-electron chi connectivity index (χ4n) is 2.94. The lowest BCUT2D eigenvalue weighted by Gasteiger charge is -2.11. The first-order chi connectivity index (χ1) is 11.6. The summed E-state index contributed by atoms with van der Waals surface area (Å²) in [7, 11) is 0. The average molecular weight is 322 g/mol. The van der Waals surface area contributed by atoms with E-state index < -0.39 is 6.10 Å². The number of pyridine rings is 1. The van der Waals surface area contributed by atoms with E-state index in [2.05, 4.69) is 29.2 Å². The molecule has 24 heavy (non-hydrogen) atoms. The zero-order chi connectivity index (χ0) is 16.7. The molecule has 0 saturated carbocycles. The number of para-hydroxylation sites is 1. The minimum atomic E-state index is -0.503. The molecular formula is C18H18N4O2. The molecule has 1 amide bonds. The van der Waals surface area contributed by atoms with Crippen molar-refractivity contribution >= 4 is 22.6 Å². The van der Waals surface area contributed by atoms with Crippen LogP contribution in [0.15, 0.2) is 42.7 Å². The summed E-state index contributed by atoms with van der Waals surface area (Å²) in [4.78, 5) is 16.9. The Labute approximate surface area is 139 Å². The lowest BCUT2D eigenvalue weighted by molar-refractivity contribution is -0.122. The number of amides is 1. The SMILES string of the molecule is CC(C)n1ncc2cc(NC(=O)C3Cc4ccccc4O3)cnc21. The van der Waals surface area contributed by atoms with Crippen LogP contribution in [0.5, 0.6) is 5.75 Å². The first-order valence-corrected chi connectivity index (χ1v) is 8.00. The average Bonchev–Trinajstić information content (AvgIpc) is 3.18. The van der Waals surface area contributed by atoms with E-state index in [0.29, 0.717) is 12.1 Å². The van der Waals surface area contributed by atoms with Gasteiger partial charge >= 0.3 is 0 Å². The number of carbonyl (C=O) groups is 1. The summed E-state index contributed by atoms with van der Waals surface area (Å²) in [5, 5.41) is 8.12. The molecule has 1 aliphatic rings. The highest BCUT2D eigenvalue weighted by molar-refractivity contribution is 5.96. The number of rotatable bonds is 3. The molecule has 6 nitrogen and oxygen atoms in total. The summed E-state index contributed by atoms with van der Waals surface area (Å²) in [6.07, 6.45) is 3.50. The van der Waals surface area contributed by atoms with Crippen molar-refractivity contribution in [2.24, 2.45) is 0 Å². The molecule has 0 spiro atoms. The van der Waals surface area contributed by atoms with Crippen molar-refractivity contribution in [3.05, 3.63) is 48.3 Å². The Hall–Kier alpha value is -2.89. The van der Waals surface area contributed by atoms with Gasteiger partial charge in [-0.05, 0) is 31.5 Å². The Bertz CT molecular complexity index is 891. The van der Waals surface area contributed by atoms with Crippen LogP contribution >= 0.6 is 0 Å². The molecule has 1 unspecified atom stereocenters. The van der Waals surface area contributed by atoms with Gasteiger partial charge in [-0.15, -0.1) is 0 Å². The van der Waals surface area contributed by atoms with Crippen LogP contribution in [0.1, 0.15) is 25.5 Å². The lowest BCUT2D eigenvalue weighted by atomic mass is 10.1. The van der Waals surface area contributed by atoms with Gasteiger partial charge in [0.15, 0.2) is 11.8 Å². The van der Waals surface area contributed by atoms with Gasteiger partial charge in [0.2, 0.25) is 0 Å². The largest absolute Gasteiger partial charge is 0.480 e. The van der Waals surface area contributed by atoms with Gasteiger partial charge in [0, 0.05) is 17.8 Å². The van der Waals surface area contributed by atoms with Crippen molar-refractivity contribution in [2.45, 2.75) is 32.4 Å². The minimum Gasteiger partial charge on any atom is -0.480 e. The van der Waals surface area contributed by atoms with Crippen molar-refractivity contribution in [3.63, 3.8) is 0 Å². The Morgan fingerprint density at radius 3 is 2.96 bits per heavy atom. The second-order valence-corrected chi connectivity index (χ2v) is 6.23. The molecule has 1 aromatic carbocycles. The van der Waals surface area contributed by atoms with Crippen LogP contribution in [-0.2, 0) is 11.2 Å². The number of aromatic nitrogens is 3. The third-order valence-electron chi connectivity index (χ3n) is 4.13. The molecule has 3 aromatic rings. The molecule has 0 aliphatic carbocycles. The molecule has 0 radical (unpaired) electrons. The number of hydrogen-bond donors (Lipinski definition) is 1. The maximum atomic E-state index is 12.4. The Morgan fingerprint density at radius 2 is 2.17 bits per heavy atom. The number of nitrogens with zero attached hydrogens (tertiary/aromatic N) is 3. The van der Waals surface area contributed by atoms with Crippen molar-refractivity contribution in [1.29, 1.82) is 0 Å². The molecule has 6 heteroatoms. The van der Waals surface area contributed by atoms with Crippen LogP contribution in [0.3, 0.4) is 0 Å². The minimum absolute atomic E-state index is 0.163. The smallest absolute Gasteiger partial charge is 0.265 e. The van der Waals surface area contributed by atoms with Crippen LogP contribution in [0.4, 0.5) is 5.69 Å². The maximum absolute atomic E-state index is 12.4. The summed E-state index contributed by atoms with van der Waals surface area (Å²) in [6, 6.07) is 9.85. The van der Waals surface area contributed by atoms with Gasteiger partial charge in [0.1, 0.15) is 5.75 Å². The highest BCUT2D eigenvalue weighted by Crippen LogP contribution is 2.29. The number of nitrogens with one attached hydrogen (secondary N) is 1. The normalized spacial score (nSPS) is 16.2. The van der Waals surface area contributed by atoms with E-state index in [9.17, 15) is 4.79 Å². The monoisotopic (exact) mass is 322 g/mol. The summed E-state index contributed by atoms with van der Waals surface area (Å²) < 4.78 is 7.57. The van der Waals surface area contributed by atoms with Gasteiger partial charge in [-0.3, -0.25) is 4.79 Å². The third kappa shape index (κ3) is 2.50. The second kappa shape index (κ2) is 5.63. The fourth-order valence-corrected chi connectivity index (χ4v) is 2.94. The Morgan fingerprint density at radius 1 is 1.33 bits per heavy atom.